The number of nitrogens with two attached hydrogens (primary N) is 1. The number of nitrogens with zero attached hydrogens (tertiary/aromatic N) is 1. The maximum absolute atomic E-state index is 13.3. The van der Waals surface area contributed by atoms with Gasteiger partial charge in [0.2, 0.25) is 5.78 Å². The van der Waals surface area contributed by atoms with Gasteiger partial charge >= 0.3 is 0 Å². The van der Waals surface area contributed by atoms with Crippen LogP contribution in [-0.2, 0) is 0 Å². The van der Waals surface area contributed by atoms with Gasteiger partial charge in [0.1, 0.15) is 12.0 Å². The highest BCUT2D eigenvalue weighted by Crippen LogP contribution is 2.41. The second-order valence-electron chi connectivity index (χ2n) is 6.87. The van der Waals surface area contributed by atoms with Gasteiger partial charge in [-0.25, -0.2) is 0 Å². The summed E-state index contributed by atoms with van der Waals surface area (Å²) < 4.78 is 5.79. The maximum Gasteiger partial charge on any atom is 0.203 e. The molecule has 0 aliphatic carbocycles. The summed E-state index contributed by atoms with van der Waals surface area (Å²) >= 11 is 1.39. The first-order valence-corrected chi connectivity index (χ1v) is 10.1. The lowest BCUT2D eigenvalue weighted by molar-refractivity contribution is 0.104. The van der Waals surface area contributed by atoms with Gasteiger partial charge in [0.05, 0.1) is 10.4 Å². The molecule has 0 spiro atoms. The van der Waals surface area contributed by atoms with Gasteiger partial charge in [-0.1, -0.05) is 59.8 Å². The number of fused-ring (bicyclic) bond motifs is 1. The number of nitrogen functional groups attached to an aromatic ring is 1. The molecule has 2 aromatic heterocycles. The van der Waals surface area contributed by atoms with Crippen molar-refractivity contribution in [1.82, 2.24) is 5.16 Å². The van der Waals surface area contributed by atoms with E-state index in [1.807, 2.05) is 60.7 Å². The summed E-state index contributed by atoms with van der Waals surface area (Å²) in [6.07, 6.45) is 1.51. The number of phenols is 1. The van der Waals surface area contributed by atoms with E-state index in [0.717, 1.165) is 32.3 Å². The Kier molecular flexibility index (Phi) is 4.34. The highest BCUT2D eigenvalue weighted by Gasteiger charge is 2.21. The van der Waals surface area contributed by atoms with Crippen molar-refractivity contribution < 1.29 is 14.4 Å². The minimum absolute atomic E-state index is 0.0429. The van der Waals surface area contributed by atoms with Crippen LogP contribution in [0.15, 0.2) is 83.6 Å². The normalized spacial score (nSPS) is 11.1. The molecule has 0 fully saturated rings. The molecule has 0 saturated carbocycles. The molecule has 0 amide bonds. The minimum atomic E-state index is -0.0429. The Balaban J connectivity index is 1.68. The molecular weight excluding hydrogens is 396 g/mol. The number of benzene rings is 3. The van der Waals surface area contributed by atoms with Gasteiger partial charge < -0.3 is 15.4 Å². The smallest absolute Gasteiger partial charge is 0.203 e. The van der Waals surface area contributed by atoms with Crippen LogP contribution in [0.25, 0.3) is 32.3 Å². The van der Waals surface area contributed by atoms with E-state index in [2.05, 4.69) is 5.16 Å². The number of carbonyl (C=O) groups is 1. The number of rotatable bonds is 4. The van der Waals surface area contributed by atoms with Crippen LogP contribution in [0, 0.1) is 0 Å². The van der Waals surface area contributed by atoms with Crippen molar-refractivity contribution in [1.29, 1.82) is 0 Å². The van der Waals surface area contributed by atoms with Gasteiger partial charge in [-0.3, -0.25) is 4.79 Å². The fraction of sp³-hybridized carbons (Fsp3) is 0. The van der Waals surface area contributed by atoms with Gasteiger partial charge in [-0.05, 0) is 29.3 Å². The number of hydrogen-bond acceptors (Lipinski definition) is 6. The molecule has 0 bridgehead atoms. The summed E-state index contributed by atoms with van der Waals surface area (Å²) in [5, 5.41) is 14.6. The van der Waals surface area contributed by atoms with E-state index in [9.17, 15) is 9.90 Å². The first-order valence-electron chi connectivity index (χ1n) is 9.28. The molecule has 0 aliphatic rings. The lowest BCUT2D eigenvalue weighted by Crippen LogP contribution is -2.00. The van der Waals surface area contributed by atoms with Crippen molar-refractivity contribution in [3.05, 3.63) is 89.5 Å². The number of aromatic hydroxyl groups is 1. The average Bonchev–Trinajstić information content (AvgIpc) is 3.37. The predicted molar refractivity (Wildman–Crippen MR) is 119 cm³/mol. The van der Waals surface area contributed by atoms with Crippen LogP contribution in [0.3, 0.4) is 0 Å². The molecular formula is C24H16N2O3S. The molecule has 0 aliphatic heterocycles. The van der Waals surface area contributed by atoms with Gasteiger partial charge in [-0.2, -0.15) is 0 Å². The molecule has 6 heteroatoms. The third-order valence-electron chi connectivity index (χ3n) is 5.00. The van der Waals surface area contributed by atoms with E-state index in [1.54, 1.807) is 12.1 Å². The predicted octanol–water partition coefficient (Wildman–Crippen LogP) is 5.74. The van der Waals surface area contributed by atoms with Crippen molar-refractivity contribution in [2.75, 3.05) is 5.73 Å². The number of thiophene rings is 1. The monoisotopic (exact) mass is 412 g/mol. The number of aromatic nitrogens is 1. The van der Waals surface area contributed by atoms with E-state index < -0.39 is 0 Å². The Hall–Kier alpha value is -3.90. The molecule has 3 N–H and O–H groups in total. The summed E-state index contributed by atoms with van der Waals surface area (Å²) in [5.74, 6) is 0.463. The summed E-state index contributed by atoms with van der Waals surface area (Å²) in [4.78, 5) is 13.9. The quantitative estimate of drug-likeness (QED) is 0.367. The van der Waals surface area contributed by atoms with E-state index in [-0.39, 0.29) is 11.5 Å². The first-order chi connectivity index (χ1) is 14.6. The van der Waals surface area contributed by atoms with Gasteiger partial charge in [0.15, 0.2) is 5.82 Å². The second kappa shape index (κ2) is 7.17. The second-order valence-corrected chi connectivity index (χ2v) is 7.92. The topological polar surface area (TPSA) is 89.4 Å². The van der Waals surface area contributed by atoms with Crippen molar-refractivity contribution in [2.45, 2.75) is 0 Å². The number of ketones is 1. The molecule has 0 radical (unpaired) electrons. The third kappa shape index (κ3) is 3.03. The SMILES string of the molecule is Nc1nocc1-c1ccc(-c2c(C(=O)c3ccccc3)sc3cc(O)ccc23)cc1. The van der Waals surface area contributed by atoms with Crippen molar-refractivity contribution in [2.24, 2.45) is 0 Å². The Morgan fingerprint density at radius 3 is 2.40 bits per heavy atom. The Morgan fingerprint density at radius 2 is 1.70 bits per heavy atom. The van der Waals surface area contributed by atoms with Gasteiger partial charge in [0.25, 0.3) is 0 Å². The summed E-state index contributed by atoms with van der Waals surface area (Å²) in [7, 11) is 0. The summed E-state index contributed by atoms with van der Waals surface area (Å²) in [6, 6.07) is 22.2. The fourth-order valence-corrected chi connectivity index (χ4v) is 4.75. The molecule has 30 heavy (non-hydrogen) atoms. The Morgan fingerprint density at radius 1 is 0.967 bits per heavy atom. The van der Waals surface area contributed by atoms with Crippen LogP contribution in [-0.4, -0.2) is 16.0 Å². The minimum Gasteiger partial charge on any atom is -0.508 e. The van der Waals surface area contributed by atoms with E-state index in [0.29, 0.717) is 16.3 Å². The average molecular weight is 412 g/mol. The number of hydrogen-bond donors (Lipinski definition) is 2. The maximum atomic E-state index is 13.3. The van der Waals surface area contributed by atoms with Crippen LogP contribution in [0.5, 0.6) is 5.75 Å². The summed E-state index contributed by atoms with van der Waals surface area (Å²) in [5.41, 5.74) is 9.85. The van der Waals surface area contributed by atoms with Crippen molar-refractivity contribution in [3.8, 4) is 28.0 Å². The third-order valence-corrected chi connectivity index (χ3v) is 6.15. The zero-order valence-electron chi connectivity index (χ0n) is 15.7. The molecule has 2 heterocycles. The number of carbonyl (C=O) groups excluding carboxylic acids is 1. The van der Waals surface area contributed by atoms with Crippen LogP contribution >= 0.6 is 11.3 Å². The highest BCUT2D eigenvalue weighted by molar-refractivity contribution is 7.21. The van der Waals surface area contributed by atoms with Gasteiger partial charge in [-0.15, -0.1) is 11.3 Å². The van der Waals surface area contributed by atoms with E-state index in [1.165, 1.54) is 17.6 Å². The number of anilines is 1. The van der Waals surface area contributed by atoms with Crippen LogP contribution in [0.4, 0.5) is 5.82 Å². The summed E-state index contributed by atoms with van der Waals surface area (Å²) in [6.45, 7) is 0. The van der Waals surface area contributed by atoms with E-state index >= 15 is 0 Å². The van der Waals surface area contributed by atoms with Crippen LogP contribution in [0.2, 0.25) is 0 Å². The molecule has 146 valence electrons. The largest absolute Gasteiger partial charge is 0.508 e. The lowest BCUT2D eigenvalue weighted by atomic mass is 9.96. The molecule has 5 rings (SSSR count). The molecule has 0 saturated heterocycles. The van der Waals surface area contributed by atoms with E-state index in [4.69, 9.17) is 10.3 Å². The Bertz CT molecular complexity index is 1370. The highest BCUT2D eigenvalue weighted by atomic mass is 32.1. The zero-order chi connectivity index (χ0) is 20.7. The standard InChI is InChI=1S/C24H16N2O3S/c25-24-19(13-29-26-24)14-6-8-15(9-7-14)21-18-11-10-17(27)12-20(18)30-23(21)22(28)16-4-2-1-3-5-16/h1-13,27H,(H2,25,26). The molecule has 5 nitrogen and oxygen atoms in total. The van der Waals surface area contributed by atoms with Crippen molar-refractivity contribution >= 4 is 33.0 Å². The van der Waals surface area contributed by atoms with Crippen molar-refractivity contribution in [3.63, 3.8) is 0 Å². The van der Waals surface area contributed by atoms with Crippen LogP contribution in [0.1, 0.15) is 15.2 Å². The Labute approximate surface area is 176 Å². The molecule has 5 aromatic rings. The molecule has 0 atom stereocenters. The van der Waals surface area contributed by atoms with Crippen LogP contribution < -0.4 is 5.73 Å². The van der Waals surface area contributed by atoms with Gasteiger partial charge in [0, 0.05) is 21.2 Å². The zero-order valence-corrected chi connectivity index (χ0v) is 16.5. The first kappa shape index (κ1) is 18.1. The lowest BCUT2D eigenvalue weighted by Gasteiger charge is -2.07. The number of phenolic OH excluding ortho intramolecular Hbond substituents is 1. The fourth-order valence-electron chi connectivity index (χ4n) is 3.53. The molecule has 0 unspecified atom stereocenters. The molecule has 3 aromatic carbocycles.